The Hall–Kier alpha value is -2.08. The van der Waals surface area contributed by atoms with E-state index in [1.807, 2.05) is 0 Å². The van der Waals surface area contributed by atoms with Gasteiger partial charge in [0.1, 0.15) is 11.3 Å². The van der Waals surface area contributed by atoms with E-state index in [0.29, 0.717) is 5.69 Å². The Labute approximate surface area is 96.7 Å². The number of benzene rings is 1. The molecular formula is C11H11NO5. The predicted octanol–water partition coefficient (Wildman–Crippen LogP) is 0.188. The van der Waals surface area contributed by atoms with Gasteiger partial charge in [-0.1, -0.05) is 0 Å². The number of rotatable bonds is 2. The van der Waals surface area contributed by atoms with Crippen molar-refractivity contribution >= 4 is 17.6 Å². The molecule has 1 aliphatic heterocycles. The second-order valence-corrected chi connectivity index (χ2v) is 3.87. The molecule has 6 heteroatoms. The van der Waals surface area contributed by atoms with Crippen molar-refractivity contribution in [2.75, 3.05) is 11.4 Å². The lowest BCUT2D eigenvalue weighted by atomic mass is 10.1. The van der Waals surface area contributed by atoms with Crippen LogP contribution < -0.4 is 4.90 Å². The number of anilines is 1. The molecule has 0 aliphatic carbocycles. The Balaban J connectivity index is 2.37. The zero-order valence-corrected chi connectivity index (χ0v) is 8.83. The summed E-state index contributed by atoms with van der Waals surface area (Å²) in [6, 6.07) is 3.88. The van der Waals surface area contributed by atoms with E-state index < -0.39 is 12.1 Å². The van der Waals surface area contributed by atoms with E-state index in [4.69, 9.17) is 5.11 Å². The summed E-state index contributed by atoms with van der Waals surface area (Å²) in [4.78, 5) is 23.6. The van der Waals surface area contributed by atoms with Gasteiger partial charge in [-0.25, -0.2) is 4.79 Å². The Morgan fingerprint density at radius 1 is 1.41 bits per heavy atom. The van der Waals surface area contributed by atoms with Gasteiger partial charge in [-0.3, -0.25) is 4.79 Å². The molecule has 1 aromatic rings. The number of aliphatic hydroxyl groups is 1. The molecule has 17 heavy (non-hydrogen) atoms. The Morgan fingerprint density at radius 2 is 2.12 bits per heavy atom. The maximum atomic E-state index is 11.5. The van der Waals surface area contributed by atoms with Crippen LogP contribution in [0.5, 0.6) is 5.75 Å². The number of carbonyl (C=O) groups excluding carboxylic acids is 1. The molecule has 1 amide bonds. The largest absolute Gasteiger partial charge is 0.507 e. The molecular weight excluding hydrogens is 226 g/mol. The van der Waals surface area contributed by atoms with E-state index >= 15 is 0 Å². The predicted molar refractivity (Wildman–Crippen MR) is 58.0 cm³/mol. The third-order valence-electron chi connectivity index (χ3n) is 2.63. The van der Waals surface area contributed by atoms with Gasteiger partial charge in [0.05, 0.1) is 19.1 Å². The number of aromatic hydroxyl groups is 1. The highest BCUT2D eigenvalue weighted by Crippen LogP contribution is 2.27. The number of amides is 1. The molecule has 0 saturated carbocycles. The average molecular weight is 237 g/mol. The molecule has 1 saturated heterocycles. The maximum Gasteiger partial charge on any atom is 0.339 e. The first-order valence-corrected chi connectivity index (χ1v) is 5.04. The fourth-order valence-corrected chi connectivity index (χ4v) is 1.80. The van der Waals surface area contributed by atoms with Crippen LogP contribution in [-0.4, -0.2) is 39.8 Å². The first-order chi connectivity index (χ1) is 7.99. The molecule has 1 fully saturated rings. The van der Waals surface area contributed by atoms with Crippen LogP contribution in [0.2, 0.25) is 0 Å². The van der Waals surface area contributed by atoms with Crippen molar-refractivity contribution < 1.29 is 24.9 Å². The number of hydrogen-bond donors (Lipinski definition) is 3. The highest BCUT2D eigenvalue weighted by molar-refractivity contribution is 5.98. The molecule has 1 heterocycles. The highest BCUT2D eigenvalue weighted by Gasteiger charge is 2.29. The number of β-amino-alcohol motifs (C(OH)–C–C–N with tert-alkyl or cyclic N) is 1. The van der Waals surface area contributed by atoms with Gasteiger partial charge in [-0.2, -0.15) is 0 Å². The molecule has 1 aliphatic rings. The molecule has 1 aromatic carbocycles. The number of aliphatic hydroxyl groups excluding tert-OH is 1. The number of phenols is 1. The SMILES string of the molecule is O=C(O)c1cc(N2CC(O)CC2=O)ccc1O. The van der Waals surface area contributed by atoms with Crippen LogP contribution in [0.1, 0.15) is 16.8 Å². The van der Waals surface area contributed by atoms with Crippen molar-refractivity contribution in [3.05, 3.63) is 23.8 Å². The summed E-state index contributed by atoms with van der Waals surface area (Å²) in [5.41, 5.74) is 0.0958. The summed E-state index contributed by atoms with van der Waals surface area (Å²) in [5, 5.41) is 27.5. The average Bonchev–Trinajstić information content (AvgIpc) is 2.58. The van der Waals surface area contributed by atoms with E-state index in [-0.39, 0.29) is 30.2 Å². The smallest absolute Gasteiger partial charge is 0.339 e. The van der Waals surface area contributed by atoms with Crippen LogP contribution in [0.3, 0.4) is 0 Å². The first kappa shape index (κ1) is 11.4. The number of carbonyl (C=O) groups is 2. The Bertz CT molecular complexity index is 485. The lowest BCUT2D eigenvalue weighted by Gasteiger charge is -2.16. The van der Waals surface area contributed by atoms with Crippen LogP contribution >= 0.6 is 0 Å². The minimum Gasteiger partial charge on any atom is -0.507 e. The van der Waals surface area contributed by atoms with Crippen LogP contribution in [0.15, 0.2) is 18.2 Å². The molecule has 0 spiro atoms. The molecule has 0 bridgehead atoms. The second-order valence-electron chi connectivity index (χ2n) is 3.87. The van der Waals surface area contributed by atoms with Crippen LogP contribution in [0, 0.1) is 0 Å². The van der Waals surface area contributed by atoms with Crippen LogP contribution in [0.4, 0.5) is 5.69 Å². The van der Waals surface area contributed by atoms with Crippen molar-refractivity contribution in [1.82, 2.24) is 0 Å². The number of carboxylic acid groups (broad SMARTS) is 1. The summed E-state index contributed by atoms with van der Waals surface area (Å²) in [5.74, 6) is -1.88. The van der Waals surface area contributed by atoms with E-state index in [9.17, 15) is 19.8 Å². The quantitative estimate of drug-likeness (QED) is 0.682. The van der Waals surface area contributed by atoms with Gasteiger partial charge in [0.2, 0.25) is 5.91 Å². The molecule has 0 radical (unpaired) electrons. The number of aromatic carboxylic acids is 1. The van der Waals surface area contributed by atoms with Gasteiger partial charge >= 0.3 is 5.97 Å². The zero-order chi connectivity index (χ0) is 12.6. The minimum absolute atomic E-state index is 0.0310. The van der Waals surface area contributed by atoms with Gasteiger partial charge in [-0.15, -0.1) is 0 Å². The monoisotopic (exact) mass is 237 g/mol. The van der Waals surface area contributed by atoms with E-state index in [1.54, 1.807) is 0 Å². The topological polar surface area (TPSA) is 98.1 Å². The number of hydrogen-bond acceptors (Lipinski definition) is 4. The molecule has 90 valence electrons. The summed E-state index contributed by atoms with van der Waals surface area (Å²) in [6.07, 6.45) is -0.701. The van der Waals surface area contributed by atoms with Crippen molar-refractivity contribution in [3.63, 3.8) is 0 Å². The van der Waals surface area contributed by atoms with Crippen LogP contribution in [0.25, 0.3) is 0 Å². The summed E-state index contributed by atoms with van der Waals surface area (Å²) in [7, 11) is 0. The van der Waals surface area contributed by atoms with E-state index in [1.165, 1.54) is 23.1 Å². The zero-order valence-electron chi connectivity index (χ0n) is 8.83. The molecule has 0 aromatic heterocycles. The van der Waals surface area contributed by atoms with Gasteiger partial charge in [0.15, 0.2) is 0 Å². The summed E-state index contributed by atoms with van der Waals surface area (Å²) < 4.78 is 0. The summed E-state index contributed by atoms with van der Waals surface area (Å²) in [6.45, 7) is 0.142. The lowest BCUT2D eigenvalue weighted by molar-refractivity contribution is -0.117. The normalized spacial score (nSPS) is 19.7. The number of carboxylic acids is 1. The third kappa shape index (κ3) is 2.07. The Morgan fingerprint density at radius 3 is 2.65 bits per heavy atom. The van der Waals surface area contributed by atoms with E-state index in [2.05, 4.69) is 0 Å². The molecule has 3 N–H and O–H groups in total. The van der Waals surface area contributed by atoms with Gasteiger partial charge in [-0.05, 0) is 18.2 Å². The molecule has 2 rings (SSSR count). The number of nitrogens with zero attached hydrogens (tertiary/aromatic N) is 1. The van der Waals surface area contributed by atoms with Crippen molar-refractivity contribution in [2.45, 2.75) is 12.5 Å². The first-order valence-electron chi connectivity index (χ1n) is 5.04. The standard InChI is InChI=1S/C11H11NO5/c13-7-4-10(15)12(5-7)6-1-2-9(14)8(3-6)11(16)17/h1-3,7,13-14H,4-5H2,(H,16,17). The van der Waals surface area contributed by atoms with Gasteiger partial charge in [0, 0.05) is 5.69 Å². The van der Waals surface area contributed by atoms with Crippen molar-refractivity contribution in [3.8, 4) is 5.75 Å². The second kappa shape index (κ2) is 4.06. The molecule has 6 nitrogen and oxygen atoms in total. The van der Waals surface area contributed by atoms with Gasteiger partial charge in [0.25, 0.3) is 0 Å². The maximum absolute atomic E-state index is 11.5. The summed E-state index contributed by atoms with van der Waals surface area (Å²) >= 11 is 0. The highest BCUT2D eigenvalue weighted by atomic mass is 16.4. The molecule has 1 unspecified atom stereocenters. The van der Waals surface area contributed by atoms with E-state index in [0.717, 1.165) is 0 Å². The Kier molecular flexibility index (Phi) is 2.72. The molecule has 1 atom stereocenters. The van der Waals surface area contributed by atoms with Crippen molar-refractivity contribution in [2.24, 2.45) is 0 Å². The van der Waals surface area contributed by atoms with Gasteiger partial charge < -0.3 is 20.2 Å². The fourth-order valence-electron chi connectivity index (χ4n) is 1.80. The fraction of sp³-hybridized carbons (Fsp3) is 0.273. The minimum atomic E-state index is -1.27. The van der Waals surface area contributed by atoms with Crippen molar-refractivity contribution in [1.29, 1.82) is 0 Å². The van der Waals surface area contributed by atoms with Crippen LogP contribution in [-0.2, 0) is 4.79 Å². The third-order valence-corrected chi connectivity index (χ3v) is 2.63. The lowest BCUT2D eigenvalue weighted by Crippen LogP contribution is -2.25.